The van der Waals surface area contributed by atoms with E-state index in [4.69, 9.17) is 9.84 Å². The molecule has 0 saturated heterocycles. The summed E-state index contributed by atoms with van der Waals surface area (Å²) in [6.07, 6.45) is 0. The number of carboxylic acid groups (broad SMARTS) is 1. The molecule has 0 unspecified atom stereocenters. The molecule has 168 valence electrons. The van der Waals surface area contributed by atoms with Crippen molar-refractivity contribution in [1.82, 2.24) is 4.98 Å². The van der Waals surface area contributed by atoms with Crippen LogP contribution in [0.2, 0.25) is 0 Å². The first-order chi connectivity index (χ1) is 15.7. The fourth-order valence-corrected chi connectivity index (χ4v) is 4.34. The van der Waals surface area contributed by atoms with E-state index in [9.17, 15) is 9.59 Å². The number of aliphatic carboxylic acids is 1. The van der Waals surface area contributed by atoms with Crippen LogP contribution < -0.4 is 10.1 Å². The summed E-state index contributed by atoms with van der Waals surface area (Å²) in [6, 6.07) is 20.4. The zero-order valence-electron chi connectivity index (χ0n) is 18.6. The van der Waals surface area contributed by atoms with Crippen LogP contribution in [0.3, 0.4) is 0 Å². The SMILES string of the molecule is CC(C)(C)c1ccc(C(=O)Nc2ccc(-c3nc4ccccc4s3)c(OCC(=O)O)c2)cc1. The van der Waals surface area contributed by atoms with Gasteiger partial charge in [-0.3, -0.25) is 4.79 Å². The van der Waals surface area contributed by atoms with Crippen LogP contribution in [0.5, 0.6) is 5.75 Å². The molecule has 0 aliphatic carbocycles. The van der Waals surface area contributed by atoms with Crippen LogP contribution in [0.15, 0.2) is 66.7 Å². The highest BCUT2D eigenvalue weighted by molar-refractivity contribution is 7.21. The highest BCUT2D eigenvalue weighted by atomic mass is 32.1. The maximum atomic E-state index is 12.8. The number of hydrogen-bond acceptors (Lipinski definition) is 5. The Balaban J connectivity index is 1.61. The monoisotopic (exact) mass is 460 g/mol. The Labute approximate surface area is 195 Å². The van der Waals surface area contributed by atoms with E-state index in [1.807, 2.05) is 36.4 Å². The largest absolute Gasteiger partial charge is 0.481 e. The molecule has 0 radical (unpaired) electrons. The van der Waals surface area contributed by atoms with Crippen molar-refractivity contribution < 1.29 is 19.4 Å². The second kappa shape index (κ2) is 9.03. The first-order valence-electron chi connectivity index (χ1n) is 10.5. The Hall–Kier alpha value is -3.71. The average molecular weight is 461 g/mol. The summed E-state index contributed by atoms with van der Waals surface area (Å²) in [5.41, 5.74) is 3.71. The minimum absolute atomic E-state index is 0.00183. The van der Waals surface area contributed by atoms with Crippen molar-refractivity contribution in [1.29, 1.82) is 0 Å². The number of anilines is 1. The second-order valence-electron chi connectivity index (χ2n) is 8.66. The molecule has 0 aliphatic heterocycles. The number of nitrogens with zero attached hydrogens (tertiary/aromatic N) is 1. The number of rotatable bonds is 6. The van der Waals surface area contributed by atoms with E-state index < -0.39 is 12.6 Å². The molecule has 4 rings (SSSR count). The number of carbonyl (C=O) groups excluding carboxylic acids is 1. The Morgan fingerprint density at radius 1 is 1.03 bits per heavy atom. The topological polar surface area (TPSA) is 88.5 Å². The number of nitrogens with one attached hydrogen (secondary N) is 1. The van der Waals surface area contributed by atoms with Crippen molar-refractivity contribution in [3.8, 4) is 16.3 Å². The van der Waals surface area contributed by atoms with Crippen LogP contribution in [0, 0.1) is 0 Å². The molecular formula is C26H24N2O4S. The van der Waals surface area contributed by atoms with Gasteiger partial charge in [0.1, 0.15) is 10.8 Å². The molecule has 0 bridgehead atoms. The van der Waals surface area contributed by atoms with Crippen LogP contribution in [0.25, 0.3) is 20.8 Å². The van der Waals surface area contributed by atoms with Crippen molar-refractivity contribution in [2.45, 2.75) is 26.2 Å². The van der Waals surface area contributed by atoms with E-state index in [1.54, 1.807) is 30.3 Å². The normalized spacial score (nSPS) is 11.4. The number of amides is 1. The summed E-state index contributed by atoms with van der Waals surface area (Å²) in [7, 11) is 0. The molecule has 0 aliphatic rings. The molecule has 0 saturated carbocycles. The van der Waals surface area contributed by atoms with Gasteiger partial charge in [-0.2, -0.15) is 0 Å². The van der Waals surface area contributed by atoms with Crippen molar-refractivity contribution in [2.24, 2.45) is 0 Å². The van der Waals surface area contributed by atoms with Gasteiger partial charge < -0.3 is 15.2 Å². The summed E-state index contributed by atoms with van der Waals surface area (Å²) < 4.78 is 6.57. The summed E-state index contributed by atoms with van der Waals surface area (Å²) >= 11 is 1.49. The molecule has 2 N–H and O–H groups in total. The average Bonchev–Trinajstić information content (AvgIpc) is 3.21. The number of thiazole rings is 1. The summed E-state index contributed by atoms with van der Waals surface area (Å²) in [5, 5.41) is 12.7. The number of hydrogen-bond donors (Lipinski definition) is 2. The molecule has 1 amide bonds. The number of carboxylic acids is 1. The van der Waals surface area contributed by atoms with E-state index in [1.165, 1.54) is 11.3 Å². The molecule has 0 fully saturated rings. The van der Waals surface area contributed by atoms with Crippen molar-refractivity contribution in [3.63, 3.8) is 0 Å². The van der Waals surface area contributed by atoms with E-state index in [2.05, 4.69) is 31.1 Å². The van der Waals surface area contributed by atoms with Crippen LogP contribution in [-0.4, -0.2) is 28.6 Å². The van der Waals surface area contributed by atoms with Gasteiger partial charge in [0.05, 0.1) is 15.8 Å². The van der Waals surface area contributed by atoms with E-state index in [0.29, 0.717) is 27.6 Å². The van der Waals surface area contributed by atoms with E-state index in [0.717, 1.165) is 15.8 Å². The van der Waals surface area contributed by atoms with Gasteiger partial charge in [-0.25, -0.2) is 9.78 Å². The Bertz CT molecular complexity index is 1290. The number of carbonyl (C=O) groups is 2. The lowest BCUT2D eigenvalue weighted by Gasteiger charge is -2.19. The minimum atomic E-state index is -1.08. The van der Waals surface area contributed by atoms with Crippen molar-refractivity contribution in [3.05, 3.63) is 77.9 Å². The number of benzene rings is 3. The first-order valence-corrected chi connectivity index (χ1v) is 11.3. The predicted molar refractivity (Wildman–Crippen MR) is 131 cm³/mol. The smallest absolute Gasteiger partial charge is 0.341 e. The van der Waals surface area contributed by atoms with Crippen LogP contribution in [0.4, 0.5) is 5.69 Å². The molecular weight excluding hydrogens is 436 g/mol. The van der Waals surface area contributed by atoms with Crippen LogP contribution in [0.1, 0.15) is 36.7 Å². The molecule has 7 heteroatoms. The molecule has 6 nitrogen and oxygen atoms in total. The molecule has 4 aromatic rings. The third-order valence-corrected chi connectivity index (χ3v) is 6.20. The van der Waals surface area contributed by atoms with Crippen LogP contribution in [-0.2, 0) is 10.2 Å². The maximum absolute atomic E-state index is 12.8. The number of aromatic nitrogens is 1. The van der Waals surface area contributed by atoms with Gasteiger partial charge in [-0.05, 0) is 47.4 Å². The Kier molecular flexibility index (Phi) is 6.16. The highest BCUT2D eigenvalue weighted by Gasteiger charge is 2.17. The molecule has 3 aromatic carbocycles. The number of ether oxygens (including phenoxy) is 1. The first kappa shape index (κ1) is 22.5. The predicted octanol–water partition coefficient (Wildman–Crippen LogP) is 5.98. The molecule has 33 heavy (non-hydrogen) atoms. The Morgan fingerprint density at radius 2 is 1.76 bits per heavy atom. The van der Waals surface area contributed by atoms with Gasteiger partial charge in [0.15, 0.2) is 6.61 Å². The van der Waals surface area contributed by atoms with Gasteiger partial charge in [-0.1, -0.05) is 45.0 Å². The third kappa shape index (κ3) is 5.21. The summed E-state index contributed by atoms with van der Waals surface area (Å²) in [5.74, 6) is -0.997. The fraction of sp³-hybridized carbons (Fsp3) is 0.192. The molecule has 0 atom stereocenters. The molecule has 0 spiro atoms. The third-order valence-electron chi connectivity index (χ3n) is 5.13. The number of para-hydroxylation sites is 1. The van der Waals surface area contributed by atoms with Crippen LogP contribution >= 0.6 is 11.3 Å². The summed E-state index contributed by atoms with van der Waals surface area (Å²) in [6.45, 7) is 5.86. The minimum Gasteiger partial charge on any atom is -0.481 e. The number of fused-ring (bicyclic) bond motifs is 1. The highest BCUT2D eigenvalue weighted by Crippen LogP contribution is 2.37. The zero-order chi connectivity index (χ0) is 23.6. The lowest BCUT2D eigenvalue weighted by Crippen LogP contribution is -2.14. The van der Waals surface area contributed by atoms with Gasteiger partial charge in [0.2, 0.25) is 0 Å². The van der Waals surface area contributed by atoms with Gasteiger partial charge in [0, 0.05) is 17.3 Å². The second-order valence-corrected chi connectivity index (χ2v) is 9.69. The van der Waals surface area contributed by atoms with E-state index >= 15 is 0 Å². The quantitative estimate of drug-likeness (QED) is 0.370. The standard InChI is InChI=1S/C26H24N2O4S/c1-26(2,3)17-10-8-16(9-11-17)24(31)27-18-12-13-19(21(14-18)32-15-23(29)30)25-28-20-6-4-5-7-22(20)33-25/h4-14H,15H2,1-3H3,(H,27,31)(H,29,30). The van der Waals surface area contributed by atoms with Crippen molar-refractivity contribution >= 4 is 39.1 Å². The lowest BCUT2D eigenvalue weighted by atomic mass is 9.87. The molecule has 1 heterocycles. The van der Waals surface area contributed by atoms with E-state index in [-0.39, 0.29) is 11.3 Å². The van der Waals surface area contributed by atoms with Gasteiger partial charge in [-0.15, -0.1) is 11.3 Å². The van der Waals surface area contributed by atoms with Gasteiger partial charge >= 0.3 is 5.97 Å². The van der Waals surface area contributed by atoms with Gasteiger partial charge in [0.25, 0.3) is 5.91 Å². The fourth-order valence-electron chi connectivity index (χ4n) is 3.35. The zero-order valence-corrected chi connectivity index (χ0v) is 19.4. The lowest BCUT2D eigenvalue weighted by molar-refractivity contribution is -0.139. The summed E-state index contributed by atoms with van der Waals surface area (Å²) in [4.78, 5) is 28.5. The van der Waals surface area contributed by atoms with Crippen molar-refractivity contribution in [2.75, 3.05) is 11.9 Å². The maximum Gasteiger partial charge on any atom is 0.341 e. The molecule has 1 aromatic heterocycles. The Morgan fingerprint density at radius 3 is 2.42 bits per heavy atom.